The van der Waals surface area contributed by atoms with Crippen LogP contribution < -0.4 is 4.72 Å². The van der Waals surface area contributed by atoms with E-state index in [0.717, 1.165) is 19.3 Å². The zero-order chi connectivity index (χ0) is 14.8. The van der Waals surface area contributed by atoms with Crippen LogP contribution in [0.2, 0.25) is 0 Å². The van der Waals surface area contributed by atoms with Crippen LogP contribution in [-0.4, -0.2) is 31.1 Å². The average Bonchev–Trinajstić information content (AvgIpc) is 2.81. The molecular weight excluding hydrogens is 314 g/mol. The Kier molecular flexibility index (Phi) is 5.53. The van der Waals surface area contributed by atoms with Gasteiger partial charge in [-0.3, -0.25) is 0 Å². The van der Waals surface area contributed by atoms with E-state index in [2.05, 4.69) is 4.72 Å². The lowest BCUT2D eigenvalue weighted by molar-refractivity contribution is 0.282. The second kappa shape index (κ2) is 6.79. The summed E-state index contributed by atoms with van der Waals surface area (Å²) in [6.07, 6.45) is 6.22. The van der Waals surface area contributed by atoms with E-state index in [1.165, 1.54) is 17.8 Å². The molecule has 0 aromatic carbocycles. The number of nitrogens with one attached hydrogen (secondary N) is 1. The van der Waals surface area contributed by atoms with Crippen molar-refractivity contribution in [2.24, 2.45) is 0 Å². The molecule has 2 unspecified atom stereocenters. The van der Waals surface area contributed by atoms with Gasteiger partial charge >= 0.3 is 0 Å². The molecule has 1 fully saturated rings. The van der Waals surface area contributed by atoms with E-state index in [9.17, 15) is 13.5 Å². The summed E-state index contributed by atoms with van der Waals surface area (Å²) in [5.74, 6) is 0. The normalized spacial score (nSPS) is 23.9. The molecule has 0 amide bonds. The van der Waals surface area contributed by atoms with Crippen LogP contribution in [0.4, 0.5) is 0 Å². The van der Waals surface area contributed by atoms with Gasteiger partial charge in [-0.05, 0) is 37.0 Å². The molecule has 20 heavy (non-hydrogen) atoms. The van der Waals surface area contributed by atoms with Crippen molar-refractivity contribution in [3.05, 3.63) is 15.8 Å². The summed E-state index contributed by atoms with van der Waals surface area (Å²) >= 11 is 3.03. The fourth-order valence-corrected chi connectivity index (χ4v) is 6.72. The van der Waals surface area contributed by atoms with Gasteiger partial charge in [-0.15, -0.1) is 11.3 Å². The quantitative estimate of drug-likeness (QED) is 0.868. The van der Waals surface area contributed by atoms with Gasteiger partial charge in [-0.25, -0.2) is 13.1 Å². The Morgan fingerprint density at radius 2 is 2.15 bits per heavy atom. The van der Waals surface area contributed by atoms with Gasteiger partial charge in [0, 0.05) is 11.3 Å². The largest absolute Gasteiger partial charge is 0.391 e. The van der Waals surface area contributed by atoms with Crippen LogP contribution in [-0.2, 0) is 16.6 Å². The van der Waals surface area contributed by atoms with Gasteiger partial charge in [-0.1, -0.05) is 12.8 Å². The molecule has 1 aliphatic rings. The van der Waals surface area contributed by atoms with Gasteiger partial charge in [0.05, 0.1) is 11.5 Å². The predicted octanol–water partition coefficient (Wildman–Crippen LogP) is 2.50. The number of thioether (sulfide) groups is 1. The molecule has 2 N–H and O–H groups in total. The van der Waals surface area contributed by atoms with E-state index in [0.29, 0.717) is 15.7 Å². The Hall–Kier alpha value is -0.0800. The van der Waals surface area contributed by atoms with E-state index >= 15 is 0 Å². The van der Waals surface area contributed by atoms with Crippen molar-refractivity contribution in [2.45, 2.75) is 55.4 Å². The molecule has 0 saturated heterocycles. The summed E-state index contributed by atoms with van der Waals surface area (Å²) in [7, 11) is -3.55. The van der Waals surface area contributed by atoms with Crippen LogP contribution in [0.3, 0.4) is 0 Å². The van der Waals surface area contributed by atoms with E-state index in [1.54, 1.807) is 24.1 Å². The maximum atomic E-state index is 12.6. The molecule has 2 rings (SSSR count). The lowest BCUT2D eigenvalue weighted by atomic mass is 9.96. The molecule has 1 aromatic heterocycles. The fraction of sp³-hybridized carbons (Fsp3) is 0.692. The maximum absolute atomic E-state index is 12.6. The number of aliphatic hydroxyl groups excluding tert-OH is 1. The first-order valence-corrected chi connectivity index (χ1v) is 10.4. The highest BCUT2D eigenvalue weighted by Gasteiger charge is 2.31. The van der Waals surface area contributed by atoms with Crippen LogP contribution in [0.25, 0.3) is 0 Å². The van der Waals surface area contributed by atoms with Crippen molar-refractivity contribution in [3.8, 4) is 0 Å². The molecule has 0 spiro atoms. The zero-order valence-corrected chi connectivity index (χ0v) is 14.2. The topological polar surface area (TPSA) is 66.4 Å². The molecule has 0 bridgehead atoms. The molecule has 4 nitrogen and oxygen atoms in total. The van der Waals surface area contributed by atoms with Crippen LogP contribution in [0, 0.1) is 6.92 Å². The lowest BCUT2D eigenvalue weighted by Crippen LogP contribution is -2.43. The first kappa shape index (κ1) is 16.3. The van der Waals surface area contributed by atoms with Crippen LogP contribution >= 0.6 is 23.1 Å². The summed E-state index contributed by atoms with van der Waals surface area (Å²) in [5.41, 5.74) is 0.711. The summed E-state index contributed by atoms with van der Waals surface area (Å²) < 4.78 is 28.1. The Balaban J connectivity index is 2.24. The van der Waals surface area contributed by atoms with Crippen LogP contribution in [0.1, 0.15) is 36.1 Å². The van der Waals surface area contributed by atoms with Gasteiger partial charge in [0.2, 0.25) is 10.0 Å². The van der Waals surface area contributed by atoms with Gasteiger partial charge in [0.1, 0.15) is 4.90 Å². The Bertz CT molecular complexity index is 553. The number of thiophene rings is 1. The van der Waals surface area contributed by atoms with E-state index < -0.39 is 10.0 Å². The maximum Gasteiger partial charge on any atom is 0.242 e. The molecule has 7 heteroatoms. The van der Waals surface area contributed by atoms with Crippen molar-refractivity contribution in [3.63, 3.8) is 0 Å². The van der Waals surface area contributed by atoms with E-state index in [-0.39, 0.29) is 17.5 Å². The molecule has 1 heterocycles. The number of aryl methyl sites for hydroxylation is 1. The monoisotopic (exact) mass is 335 g/mol. The minimum Gasteiger partial charge on any atom is -0.391 e. The van der Waals surface area contributed by atoms with Crippen molar-refractivity contribution in [1.29, 1.82) is 0 Å². The number of hydrogen-bond acceptors (Lipinski definition) is 5. The number of aliphatic hydroxyl groups is 1. The molecule has 1 aliphatic carbocycles. The number of hydrogen-bond donors (Lipinski definition) is 2. The molecular formula is C13H21NO3S3. The standard InChI is InChI=1S/C13H21NO3S3/c1-9-8-19-12(7-15)13(9)20(16,17)14-10-5-3-4-6-11(10)18-2/h8,10-11,14-15H,3-7H2,1-2H3. The number of rotatable bonds is 5. The second-order valence-corrected chi connectivity index (χ2v) is 8.81. The molecule has 1 aromatic rings. The van der Waals surface area contributed by atoms with Crippen LogP contribution in [0.5, 0.6) is 0 Å². The third-order valence-corrected chi connectivity index (χ3v) is 7.82. The Morgan fingerprint density at radius 3 is 2.80 bits per heavy atom. The third-order valence-electron chi connectivity index (χ3n) is 3.71. The third kappa shape index (κ3) is 3.39. The molecule has 0 radical (unpaired) electrons. The molecule has 114 valence electrons. The van der Waals surface area contributed by atoms with Crippen molar-refractivity contribution in [2.75, 3.05) is 6.26 Å². The SMILES string of the molecule is CSC1CCCCC1NS(=O)(=O)c1c(C)csc1CO. The first-order valence-electron chi connectivity index (χ1n) is 6.72. The van der Waals surface area contributed by atoms with Gasteiger partial charge < -0.3 is 5.11 Å². The van der Waals surface area contributed by atoms with Crippen molar-refractivity contribution < 1.29 is 13.5 Å². The van der Waals surface area contributed by atoms with Crippen LogP contribution in [0.15, 0.2) is 10.3 Å². The van der Waals surface area contributed by atoms with E-state index in [4.69, 9.17) is 0 Å². The van der Waals surface area contributed by atoms with Gasteiger partial charge in [0.25, 0.3) is 0 Å². The average molecular weight is 336 g/mol. The minimum atomic E-state index is -3.55. The van der Waals surface area contributed by atoms with Crippen molar-refractivity contribution in [1.82, 2.24) is 4.72 Å². The summed E-state index contributed by atoms with van der Waals surface area (Å²) in [4.78, 5) is 0.793. The molecule has 2 atom stereocenters. The zero-order valence-electron chi connectivity index (χ0n) is 11.8. The number of sulfonamides is 1. The fourth-order valence-electron chi connectivity index (χ4n) is 2.73. The summed E-state index contributed by atoms with van der Waals surface area (Å²) in [6.45, 7) is 1.54. The van der Waals surface area contributed by atoms with Crippen molar-refractivity contribution >= 4 is 33.1 Å². The molecule has 1 saturated carbocycles. The predicted molar refractivity (Wildman–Crippen MR) is 84.9 cm³/mol. The second-order valence-electron chi connectivity index (χ2n) is 5.12. The highest BCUT2D eigenvalue weighted by molar-refractivity contribution is 7.99. The highest BCUT2D eigenvalue weighted by Crippen LogP contribution is 2.31. The Labute approximate surface area is 129 Å². The van der Waals surface area contributed by atoms with Gasteiger partial charge in [-0.2, -0.15) is 11.8 Å². The Morgan fingerprint density at radius 1 is 1.45 bits per heavy atom. The minimum absolute atomic E-state index is 0.00501. The highest BCUT2D eigenvalue weighted by atomic mass is 32.2. The summed E-state index contributed by atoms with van der Waals surface area (Å²) in [5, 5.41) is 11.4. The molecule has 0 aliphatic heterocycles. The van der Waals surface area contributed by atoms with E-state index in [1.807, 2.05) is 6.26 Å². The first-order chi connectivity index (χ1) is 9.49. The van der Waals surface area contributed by atoms with Gasteiger partial charge in [0.15, 0.2) is 0 Å². The smallest absolute Gasteiger partial charge is 0.242 e. The summed E-state index contributed by atoms with van der Waals surface area (Å²) in [6, 6.07) is -0.00501. The lowest BCUT2D eigenvalue weighted by Gasteiger charge is -2.30.